The van der Waals surface area contributed by atoms with E-state index in [1.165, 1.54) is 0 Å². The van der Waals surface area contributed by atoms with Crippen LogP contribution < -0.4 is 5.32 Å². The molecule has 1 aromatic carbocycles. The molecule has 2 atom stereocenters. The Kier molecular flexibility index (Phi) is 3.79. The molecule has 3 nitrogen and oxygen atoms in total. The van der Waals surface area contributed by atoms with Gasteiger partial charge in [0.1, 0.15) is 0 Å². The van der Waals surface area contributed by atoms with Crippen molar-refractivity contribution in [2.45, 2.75) is 44.8 Å². The Bertz CT molecular complexity index is 403. The van der Waals surface area contributed by atoms with Gasteiger partial charge >= 0.3 is 0 Å². The Morgan fingerprint density at radius 3 is 2.82 bits per heavy atom. The first-order chi connectivity index (χ1) is 8.16. The van der Waals surface area contributed by atoms with E-state index in [0.717, 1.165) is 30.4 Å². The van der Waals surface area contributed by atoms with Crippen LogP contribution in [0, 0.1) is 6.92 Å². The molecule has 1 aromatic rings. The molecule has 1 aliphatic rings. The second-order valence-corrected chi connectivity index (χ2v) is 4.81. The molecule has 1 amide bonds. The van der Waals surface area contributed by atoms with Crippen LogP contribution in [0.1, 0.15) is 41.6 Å². The summed E-state index contributed by atoms with van der Waals surface area (Å²) in [5.41, 5.74) is 1.72. The van der Waals surface area contributed by atoms with E-state index >= 15 is 0 Å². The predicted octanol–water partition coefficient (Wildman–Crippen LogP) is 2.03. The number of hydrogen-bond donors (Lipinski definition) is 2. The lowest BCUT2D eigenvalue weighted by atomic mass is 9.92. The van der Waals surface area contributed by atoms with E-state index in [1.807, 2.05) is 31.2 Å². The smallest absolute Gasteiger partial charge is 0.251 e. The van der Waals surface area contributed by atoms with Crippen LogP contribution in [0.2, 0.25) is 0 Å². The van der Waals surface area contributed by atoms with Crippen molar-refractivity contribution in [2.75, 3.05) is 0 Å². The lowest BCUT2D eigenvalue weighted by molar-refractivity contribution is 0.0849. The van der Waals surface area contributed by atoms with Crippen LogP contribution in [-0.2, 0) is 0 Å². The zero-order chi connectivity index (χ0) is 12.3. The summed E-state index contributed by atoms with van der Waals surface area (Å²) in [5.74, 6) is -0.0257. The molecular weight excluding hydrogens is 214 g/mol. The summed E-state index contributed by atoms with van der Waals surface area (Å²) in [7, 11) is 0. The van der Waals surface area contributed by atoms with E-state index < -0.39 is 0 Å². The van der Waals surface area contributed by atoms with Crippen LogP contribution in [0.25, 0.3) is 0 Å². The number of benzene rings is 1. The summed E-state index contributed by atoms with van der Waals surface area (Å²) >= 11 is 0. The topological polar surface area (TPSA) is 49.3 Å². The highest BCUT2D eigenvalue weighted by Crippen LogP contribution is 2.19. The number of nitrogens with one attached hydrogen (secondary N) is 1. The van der Waals surface area contributed by atoms with Crippen LogP contribution in [0.3, 0.4) is 0 Å². The Morgan fingerprint density at radius 2 is 2.12 bits per heavy atom. The molecule has 0 aliphatic heterocycles. The lowest BCUT2D eigenvalue weighted by Gasteiger charge is -2.26. The summed E-state index contributed by atoms with van der Waals surface area (Å²) in [4.78, 5) is 12.0. The Balaban J connectivity index is 1.99. The number of aliphatic hydroxyl groups is 1. The second kappa shape index (κ2) is 5.32. The van der Waals surface area contributed by atoms with Crippen LogP contribution in [0.5, 0.6) is 0 Å². The maximum atomic E-state index is 12.0. The average molecular weight is 233 g/mol. The van der Waals surface area contributed by atoms with Crippen molar-refractivity contribution >= 4 is 5.91 Å². The quantitative estimate of drug-likeness (QED) is 0.821. The zero-order valence-corrected chi connectivity index (χ0v) is 10.1. The molecule has 2 rings (SSSR count). The number of amides is 1. The minimum atomic E-state index is -0.258. The third kappa shape index (κ3) is 3.07. The van der Waals surface area contributed by atoms with Crippen molar-refractivity contribution < 1.29 is 9.90 Å². The Morgan fingerprint density at radius 1 is 1.35 bits per heavy atom. The third-order valence-corrected chi connectivity index (χ3v) is 3.37. The van der Waals surface area contributed by atoms with E-state index in [-0.39, 0.29) is 18.1 Å². The van der Waals surface area contributed by atoms with E-state index in [0.29, 0.717) is 6.42 Å². The second-order valence-electron chi connectivity index (χ2n) is 4.81. The molecular formula is C14H19NO2. The minimum absolute atomic E-state index is 0.0257. The number of carbonyl (C=O) groups excluding carboxylic acids is 1. The Hall–Kier alpha value is -1.35. The van der Waals surface area contributed by atoms with Crippen LogP contribution in [0.15, 0.2) is 24.3 Å². The first-order valence-corrected chi connectivity index (χ1v) is 6.21. The molecule has 1 fully saturated rings. The van der Waals surface area contributed by atoms with Gasteiger partial charge in [-0.25, -0.2) is 0 Å². The monoisotopic (exact) mass is 233 g/mol. The molecule has 0 radical (unpaired) electrons. The number of hydrogen-bond acceptors (Lipinski definition) is 2. The van der Waals surface area contributed by atoms with Crippen molar-refractivity contribution in [2.24, 2.45) is 0 Å². The van der Waals surface area contributed by atoms with Gasteiger partial charge in [-0.1, -0.05) is 18.2 Å². The van der Waals surface area contributed by atoms with Gasteiger partial charge < -0.3 is 10.4 Å². The average Bonchev–Trinajstić information content (AvgIpc) is 2.29. The fraction of sp³-hybridized carbons (Fsp3) is 0.500. The van der Waals surface area contributed by atoms with Gasteiger partial charge in [0.25, 0.3) is 5.91 Å². The maximum absolute atomic E-state index is 12.0. The Labute approximate surface area is 102 Å². The van der Waals surface area contributed by atoms with Crippen molar-refractivity contribution in [3.63, 3.8) is 0 Å². The summed E-state index contributed by atoms with van der Waals surface area (Å²) in [6.07, 6.45) is 3.23. The summed E-state index contributed by atoms with van der Waals surface area (Å²) in [5, 5.41) is 12.6. The zero-order valence-electron chi connectivity index (χ0n) is 10.1. The fourth-order valence-electron chi connectivity index (χ4n) is 2.39. The molecule has 2 N–H and O–H groups in total. The molecule has 3 heteroatoms. The molecule has 0 unspecified atom stereocenters. The number of aryl methyl sites for hydroxylation is 1. The van der Waals surface area contributed by atoms with Crippen LogP contribution in [-0.4, -0.2) is 23.2 Å². The SMILES string of the molecule is Cc1ccccc1C(=O)N[C@@H]1CCC[C@H](O)C1. The van der Waals surface area contributed by atoms with E-state index in [2.05, 4.69) is 5.32 Å². The molecule has 92 valence electrons. The molecule has 0 heterocycles. The van der Waals surface area contributed by atoms with Crippen LogP contribution >= 0.6 is 0 Å². The van der Waals surface area contributed by atoms with Gasteiger partial charge in [0, 0.05) is 11.6 Å². The van der Waals surface area contributed by atoms with E-state index in [1.54, 1.807) is 0 Å². The summed E-state index contributed by atoms with van der Waals surface area (Å²) in [6.45, 7) is 1.94. The number of aliphatic hydroxyl groups excluding tert-OH is 1. The van der Waals surface area contributed by atoms with Crippen molar-refractivity contribution in [3.05, 3.63) is 35.4 Å². The van der Waals surface area contributed by atoms with Crippen molar-refractivity contribution in [1.29, 1.82) is 0 Å². The number of rotatable bonds is 2. The molecule has 0 bridgehead atoms. The largest absolute Gasteiger partial charge is 0.393 e. The maximum Gasteiger partial charge on any atom is 0.251 e. The molecule has 1 aliphatic carbocycles. The molecule has 0 spiro atoms. The lowest BCUT2D eigenvalue weighted by Crippen LogP contribution is -2.39. The predicted molar refractivity (Wildman–Crippen MR) is 66.9 cm³/mol. The standard InChI is InChI=1S/C14H19NO2/c1-10-5-2-3-8-13(10)14(17)15-11-6-4-7-12(16)9-11/h2-3,5,8,11-12,16H,4,6-7,9H2,1H3,(H,15,17)/t11-,12+/m1/s1. The third-order valence-electron chi connectivity index (χ3n) is 3.37. The minimum Gasteiger partial charge on any atom is -0.393 e. The van der Waals surface area contributed by atoms with Gasteiger partial charge in [-0.3, -0.25) is 4.79 Å². The van der Waals surface area contributed by atoms with Gasteiger partial charge in [-0.2, -0.15) is 0 Å². The molecule has 1 saturated carbocycles. The van der Waals surface area contributed by atoms with E-state index in [4.69, 9.17) is 0 Å². The molecule has 17 heavy (non-hydrogen) atoms. The van der Waals surface area contributed by atoms with E-state index in [9.17, 15) is 9.90 Å². The summed E-state index contributed by atoms with van der Waals surface area (Å²) < 4.78 is 0. The highest BCUT2D eigenvalue weighted by molar-refractivity contribution is 5.95. The number of carbonyl (C=O) groups is 1. The highest BCUT2D eigenvalue weighted by atomic mass is 16.3. The van der Waals surface area contributed by atoms with Crippen molar-refractivity contribution in [3.8, 4) is 0 Å². The fourth-order valence-corrected chi connectivity index (χ4v) is 2.39. The van der Waals surface area contributed by atoms with Gasteiger partial charge in [0.2, 0.25) is 0 Å². The van der Waals surface area contributed by atoms with Crippen LogP contribution in [0.4, 0.5) is 0 Å². The summed E-state index contributed by atoms with van der Waals surface area (Å²) in [6, 6.07) is 7.69. The van der Waals surface area contributed by atoms with Gasteiger partial charge in [0.05, 0.1) is 6.10 Å². The molecule has 0 aromatic heterocycles. The van der Waals surface area contributed by atoms with Gasteiger partial charge in [-0.15, -0.1) is 0 Å². The van der Waals surface area contributed by atoms with Crippen molar-refractivity contribution in [1.82, 2.24) is 5.32 Å². The normalized spacial score (nSPS) is 24.4. The molecule has 0 saturated heterocycles. The highest BCUT2D eigenvalue weighted by Gasteiger charge is 2.22. The van der Waals surface area contributed by atoms with Gasteiger partial charge in [-0.05, 0) is 44.2 Å². The first kappa shape index (κ1) is 12.1. The van der Waals surface area contributed by atoms with Gasteiger partial charge in [0.15, 0.2) is 0 Å². The first-order valence-electron chi connectivity index (χ1n) is 6.21.